The van der Waals surface area contributed by atoms with E-state index in [4.69, 9.17) is 34.5 Å². The Balaban J connectivity index is 0.000000109. The van der Waals surface area contributed by atoms with Crippen molar-refractivity contribution in [3.05, 3.63) is 253 Å². The molecule has 19 heterocycles. The van der Waals surface area contributed by atoms with Gasteiger partial charge in [-0.25, -0.2) is 15.0 Å². The lowest BCUT2D eigenvalue weighted by Crippen LogP contribution is -2.41. The number of aryl methyl sites for hydroxylation is 2. The zero-order valence-corrected chi connectivity index (χ0v) is 87.2. The summed E-state index contributed by atoms with van der Waals surface area (Å²) in [6, 6.07) is 42.8. The van der Waals surface area contributed by atoms with Crippen LogP contribution in [0.5, 0.6) is 0 Å². The summed E-state index contributed by atoms with van der Waals surface area (Å²) in [6.45, 7) is 20.0. The number of nitrogens with zero attached hydrogens (tertiary/aromatic N) is 19. The standard InChI is InChI=1S/C25H22N6O.C24H20N6O.C21H23BN4O2.2C10H11BrN2O.C9H11BrN2.C8H9BrN2/c1-15(32)31-11-5-6-17-19(13-26-14-23(17)31)16-9-10-22-18(12-16)24(29-30(22)2)25-27-20-7-3-4-8-21(20)28-25;1-14(31)30-10-4-5-16-18(12-25-13-22(16)30)15-8-9-19-17(11-15)23(29-28-19)24-26-20-6-2-3-7-21(20)27-24;1-20(2)21(3,4)28-22(27-20)13-10-11-17-14(12-13)18(25-26(17)5)19-23-15-8-6-7-9-16(15)24-19;2*1-7(14)13-4-2-3-8-9(11)5-12-6-10(8)13;1-12-4-2-3-7-8(10)5-11-6-9(7)12;9-7-4-10-5-8-6(7)2-1-3-11-8/h3-4,7-10,12-14H,5-6,11H2,1-2H3,(H,27,28);2-3,6-9,11-13H,4-5,10H2,1H3,(H,26,27)(H,28,29);6-12H,1-5H3,(H,23,24);2*5-6H,2-4H2,1H3;5-6H,2-4H2,1H3;4-5,11H,1-3H2. The van der Waals surface area contributed by atoms with E-state index in [1.54, 1.807) is 68.5 Å². The number of nitrogens with one attached hydrogen (secondary N) is 5. The summed E-state index contributed by atoms with van der Waals surface area (Å²) >= 11 is 13.9. The summed E-state index contributed by atoms with van der Waals surface area (Å²) in [7, 11) is 5.61. The normalized spacial score (nSPS) is 15.2. The number of fused-ring (bicyclic) bond motifs is 12. The average Bonchev–Trinajstić information content (AvgIpc) is 1.59. The van der Waals surface area contributed by atoms with Gasteiger partial charge in [0.25, 0.3) is 0 Å². The van der Waals surface area contributed by atoms with Crippen LogP contribution in [-0.2, 0) is 81.1 Å². The molecule has 7 aliphatic rings. The molecule has 30 nitrogen and oxygen atoms in total. The monoisotopic (exact) mass is 2150 g/mol. The number of halogens is 4. The summed E-state index contributed by atoms with van der Waals surface area (Å²) in [5, 5.41) is 23.5. The summed E-state index contributed by atoms with van der Waals surface area (Å²) in [4.78, 5) is 106. The van der Waals surface area contributed by atoms with Gasteiger partial charge < -0.3 is 54.1 Å². The van der Waals surface area contributed by atoms with Crippen LogP contribution in [0.3, 0.4) is 0 Å². The van der Waals surface area contributed by atoms with Gasteiger partial charge in [-0.1, -0.05) is 60.7 Å². The Bertz CT molecular complexity index is 7670. The second-order valence-corrected chi connectivity index (χ2v) is 40.6. The summed E-state index contributed by atoms with van der Waals surface area (Å²) < 4.78 is 20.5. The van der Waals surface area contributed by atoms with E-state index in [1.807, 2.05) is 155 Å². The first kappa shape index (κ1) is 97.3. The van der Waals surface area contributed by atoms with Crippen molar-refractivity contribution in [1.82, 2.24) is 89.6 Å². The van der Waals surface area contributed by atoms with E-state index in [0.29, 0.717) is 0 Å². The van der Waals surface area contributed by atoms with Crippen molar-refractivity contribution in [2.24, 2.45) is 14.1 Å². The summed E-state index contributed by atoms with van der Waals surface area (Å²) in [5.41, 5.74) is 29.4. The first-order valence-electron chi connectivity index (χ1n) is 47.7. The van der Waals surface area contributed by atoms with Crippen LogP contribution >= 0.6 is 63.7 Å². The third-order valence-electron chi connectivity index (χ3n) is 27.5. The fourth-order valence-corrected chi connectivity index (χ4v) is 21.6. The smallest absolute Gasteiger partial charge is 0.399 e. The predicted octanol–water partition coefficient (Wildman–Crippen LogP) is 21.1. The topological polar surface area (TPSA) is 343 Å². The number of anilines is 6. The summed E-state index contributed by atoms with van der Waals surface area (Å²) in [6.07, 6.45) is 34.7. The Hall–Kier alpha value is -13.6. The van der Waals surface area contributed by atoms with Crippen LogP contribution in [0.2, 0.25) is 0 Å². The Morgan fingerprint density at radius 1 is 0.373 bits per heavy atom. The fraction of sp³-hybridized carbons (Fsp3) is 0.290. The van der Waals surface area contributed by atoms with Gasteiger partial charge in [-0.3, -0.25) is 63.5 Å². The maximum atomic E-state index is 12.1. The van der Waals surface area contributed by atoms with E-state index in [2.05, 4.69) is 212 Å². The fourth-order valence-electron chi connectivity index (χ4n) is 19.5. The van der Waals surface area contributed by atoms with Gasteiger partial charge in [-0.15, -0.1) is 0 Å². The predicted molar refractivity (Wildman–Crippen MR) is 577 cm³/mol. The molecule has 1 fully saturated rings. The molecule has 18 aromatic rings. The van der Waals surface area contributed by atoms with Crippen LogP contribution in [0.4, 0.5) is 34.1 Å². The molecule has 0 atom stereocenters. The number of hydrogen-bond donors (Lipinski definition) is 5. The van der Waals surface area contributed by atoms with Crippen molar-refractivity contribution in [2.75, 3.05) is 76.1 Å². The lowest BCUT2D eigenvalue weighted by Gasteiger charge is -2.32. The van der Waals surface area contributed by atoms with Crippen LogP contribution in [0, 0.1) is 0 Å². The Kier molecular flexibility index (Phi) is 28.5. The van der Waals surface area contributed by atoms with Gasteiger partial charge in [0.05, 0.1) is 132 Å². The third-order valence-corrected chi connectivity index (χ3v) is 30.2. The number of H-pyrrole nitrogens is 4. The van der Waals surface area contributed by atoms with Crippen molar-refractivity contribution in [3.8, 4) is 56.8 Å². The molecular weight excluding hydrogens is 2050 g/mol. The summed E-state index contributed by atoms with van der Waals surface area (Å²) in [5.74, 6) is 2.54. The molecule has 0 saturated carbocycles. The highest BCUT2D eigenvalue weighted by atomic mass is 79.9. The highest BCUT2D eigenvalue weighted by Crippen LogP contribution is 2.44. The van der Waals surface area contributed by atoms with Crippen LogP contribution in [-0.4, -0.2) is 178 Å². The molecule has 5 N–H and O–H groups in total. The number of imidazole rings is 3. The number of aromatic amines is 4. The molecule has 6 aromatic carbocycles. The van der Waals surface area contributed by atoms with E-state index in [-0.39, 0.29) is 34.8 Å². The van der Waals surface area contributed by atoms with Gasteiger partial charge in [-0.05, 0) is 285 Å². The average molecular weight is 2160 g/mol. The molecule has 0 unspecified atom stereocenters. The van der Waals surface area contributed by atoms with E-state index >= 15 is 0 Å². The third kappa shape index (κ3) is 20.0. The molecule has 0 spiro atoms. The Morgan fingerprint density at radius 2 is 0.739 bits per heavy atom. The van der Waals surface area contributed by atoms with Gasteiger partial charge in [0.1, 0.15) is 17.1 Å². The first-order chi connectivity index (χ1) is 68.6. The van der Waals surface area contributed by atoms with E-state index in [9.17, 15) is 19.2 Å². The molecule has 0 aliphatic carbocycles. The maximum Gasteiger partial charge on any atom is 0.494 e. The van der Waals surface area contributed by atoms with Crippen molar-refractivity contribution in [1.29, 1.82) is 0 Å². The quantitative estimate of drug-likeness (QED) is 0.0965. The lowest BCUT2D eigenvalue weighted by atomic mass is 9.78. The number of pyridine rings is 6. The number of benzene rings is 6. The van der Waals surface area contributed by atoms with Crippen LogP contribution in [0.1, 0.15) is 127 Å². The Morgan fingerprint density at radius 3 is 1.18 bits per heavy atom. The first-order valence-corrected chi connectivity index (χ1v) is 50.9. The van der Waals surface area contributed by atoms with Crippen molar-refractivity contribution in [3.63, 3.8) is 0 Å². The molecular formula is C107H107BBr4N24O6. The second kappa shape index (κ2) is 41.5. The van der Waals surface area contributed by atoms with Crippen molar-refractivity contribution < 1.29 is 28.5 Å². The molecule has 0 radical (unpaired) electrons. The van der Waals surface area contributed by atoms with E-state index < -0.39 is 7.12 Å². The second-order valence-electron chi connectivity index (χ2n) is 37.2. The van der Waals surface area contributed by atoms with Crippen LogP contribution < -0.4 is 35.3 Å². The van der Waals surface area contributed by atoms with Crippen LogP contribution in [0.25, 0.3) is 123 Å². The lowest BCUT2D eigenvalue weighted by molar-refractivity contribution is -0.117. The van der Waals surface area contributed by atoms with Gasteiger partial charge >= 0.3 is 7.12 Å². The number of rotatable bonds is 6. The van der Waals surface area contributed by atoms with Crippen molar-refractivity contribution >= 4 is 200 Å². The van der Waals surface area contributed by atoms with Gasteiger partial charge in [0, 0.05) is 170 Å². The highest BCUT2D eigenvalue weighted by molar-refractivity contribution is 9.11. The number of amides is 4. The molecule has 12 aromatic heterocycles. The van der Waals surface area contributed by atoms with Crippen molar-refractivity contribution in [2.45, 2.75) is 144 Å². The van der Waals surface area contributed by atoms with E-state index in [1.165, 1.54) is 64.0 Å². The largest absolute Gasteiger partial charge is 0.494 e. The molecule has 4 amide bonds. The number of carbonyl (C=O) groups excluding carboxylic acids is 4. The molecule has 142 heavy (non-hydrogen) atoms. The molecule has 722 valence electrons. The molecule has 35 heteroatoms. The number of aromatic nitrogens is 18. The molecule has 7 aliphatic heterocycles. The highest BCUT2D eigenvalue weighted by Gasteiger charge is 2.52. The molecule has 1 saturated heterocycles. The van der Waals surface area contributed by atoms with Gasteiger partial charge in [0.2, 0.25) is 23.6 Å². The van der Waals surface area contributed by atoms with Gasteiger partial charge in [0.15, 0.2) is 17.5 Å². The number of carbonyl (C=O) groups is 4. The molecule has 25 rings (SSSR count). The number of para-hydroxylation sites is 6. The Labute approximate surface area is 855 Å². The molecule has 0 bridgehead atoms. The SMILES string of the molecule is Brc1cncc2c1CCCN2.CC(=O)N1CCCc2c(-c3ccc4[nH]nc(-c5nc6ccccc6[nH]5)c4c3)cncc21.CC(=O)N1CCCc2c(-c3ccc4c(c3)c(-c3nc5ccccc5[nH]3)nn4C)cncc21.CC(=O)N1CCCc2c(Br)cncc21.CC(=O)N1CCCc2c(Br)cncc21.CN1CCCc2c(Br)cncc21.Cn1nc(-c2nc3ccccc3[nH]2)c2cc(B3OC(C)(C)C(C)(C)O3)ccc21. The minimum atomic E-state index is -0.405. The van der Waals surface area contributed by atoms with Crippen LogP contribution in [0.15, 0.2) is 220 Å². The minimum Gasteiger partial charge on any atom is -0.399 e. The van der Waals surface area contributed by atoms with E-state index in [0.717, 1.165) is 266 Å². The van der Waals surface area contributed by atoms with Gasteiger partial charge in [-0.2, -0.15) is 15.3 Å². The zero-order valence-electron chi connectivity index (χ0n) is 80.8. The maximum absolute atomic E-state index is 12.1. The number of hydrogen-bond acceptors (Lipinski definition) is 20. The zero-order chi connectivity index (χ0) is 98.9. The minimum absolute atomic E-state index is 0.0531.